The number of hydrogen-bond donors (Lipinski definition) is 0. The lowest BCUT2D eigenvalue weighted by Crippen LogP contribution is -2.50. The van der Waals surface area contributed by atoms with Crippen molar-refractivity contribution in [2.24, 2.45) is 0 Å². The first-order chi connectivity index (χ1) is 13.2. The number of methoxy groups -OCH3 is 1. The van der Waals surface area contributed by atoms with Crippen molar-refractivity contribution >= 4 is 11.6 Å². The number of amides is 1. The van der Waals surface area contributed by atoms with Crippen LogP contribution in [0.1, 0.15) is 38.5 Å². The number of piperazine rings is 1. The quantitative estimate of drug-likeness (QED) is 0.771. The number of benzene rings is 1. The van der Waals surface area contributed by atoms with Crippen LogP contribution in [0.4, 0.5) is 5.69 Å². The van der Waals surface area contributed by atoms with Crippen LogP contribution in [0.25, 0.3) is 0 Å². The maximum atomic E-state index is 13.0. The number of ether oxygens (including phenoxy) is 1. The summed E-state index contributed by atoms with van der Waals surface area (Å²) < 4.78 is 5.34. The fourth-order valence-corrected chi connectivity index (χ4v) is 4.21. The smallest absolute Gasteiger partial charge is 0.241 e. The van der Waals surface area contributed by atoms with Gasteiger partial charge in [0.2, 0.25) is 5.91 Å². The third kappa shape index (κ3) is 4.46. The molecule has 1 aromatic rings. The summed E-state index contributed by atoms with van der Waals surface area (Å²) in [5.74, 6) is 1.20. The normalized spacial score (nSPS) is 20.9. The van der Waals surface area contributed by atoms with Gasteiger partial charge >= 0.3 is 0 Å². The third-order valence-corrected chi connectivity index (χ3v) is 5.91. The van der Waals surface area contributed by atoms with Gasteiger partial charge in [-0.1, -0.05) is 12.1 Å². The SMILES string of the molecule is COc1cccc(N2CCN(CC(=O)N(C3=CCCCC3)C3CC3)CC2)c1. The molecule has 1 aliphatic heterocycles. The summed E-state index contributed by atoms with van der Waals surface area (Å²) in [4.78, 5) is 19.9. The van der Waals surface area contributed by atoms with Crippen LogP contribution in [0, 0.1) is 0 Å². The Kier molecular flexibility index (Phi) is 5.67. The number of nitrogens with zero attached hydrogens (tertiary/aromatic N) is 3. The van der Waals surface area contributed by atoms with Crippen LogP contribution in [0.3, 0.4) is 0 Å². The fraction of sp³-hybridized carbons (Fsp3) is 0.591. The topological polar surface area (TPSA) is 36.0 Å². The molecule has 146 valence electrons. The highest BCUT2D eigenvalue weighted by Gasteiger charge is 2.35. The van der Waals surface area contributed by atoms with Crippen molar-refractivity contribution in [1.29, 1.82) is 0 Å². The molecular formula is C22H31N3O2. The number of allylic oxidation sites excluding steroid dienone is 2. The Bertz CT molecular complexity index is 691. The zero-order valence-electron chi connectivity index (χ0n) is 16.4. The Morgan fingerprint density at radius 2 is 2.00 bits per heavy atom. The summed E-state index contributed by atoms with van der Waals surface area (Å²) in [6.45, 7) is 4.32. The van der Waals surface area contributed by atoms with Crippen LogP contribution < -0.4 is 9.64 Å². The Hall–Kier alpha value is -2.01. The van der Waals surface area contributed by atoms with E-state index in [2.05, 4.69) is 32.9 Å². The molecule has 2 aliphatic carbocycles. The van der Waals surface area contributed by atoms with Crippen molar-refractivity contribution < 1.29 is 9.53 Å². The number of anilines is 1. The molecule has 0 spiro atoms. The van der Waals surface area contributed by atoms with E-state index in [0.717, 1.165) is 44.8 Å². The van der Waals surface area contributed by atoms with Crippen LogP contribution in [-0.4, -0.2) is 61.6 Å². The molecule has 5 nitrogen and oxygen atoms in total. The van der Waals surface area contributed by atoms with Crippen molar-refractivity contribution in [2.75, 3.05) is 44.7 Å². The maximum Gasteiger partial charge on any atom is 0.241 e. The Morgan fingerprint density at radius 3 is 2.67 bits per heavy atom. The van der Waals surface area contributed by atoms with Crippen LogP contribution >= 0.6 is 0 Å². The van der Waals surface area contributed by atoms with Gasteiger partial charge in [-0.05, 0) is 50.7 Å². The van der Waals surface area contributed by atoms with Crippen molar-refractivity contribution in [3.63, 3.8) is 0 Å². The average molecular weight is 370 g/mol. The third-order valence-electron chi connectivity index (χ3n) is 5.91. The lowest BCUT2D eigenvalue weighted by atomic mass is 10.0. The zero-order valence-corrected chi connectivity index (χ0v) is 16.4. The van der Waals surface area contributed by atoms with Gasteiger partial charge in [-0.15, -0.1) is 0 Å². The van der Waals surface area contributed by atoms with E-state index in [-0.39, 0.29) is 0 Å². The summed E-state index contributed by atoms with van der Waals surface area (Å²) in [5.41, 5.74) is 2.50. The maximum absolute atomic E-state index is 13.0. The van der Waals surface area contributed by atoms with Gasteiger partial charge in [0.25, 0.3) is 0 Å². The molecule has 3 aliphatic rings. The number of rotatable bonds is 6. The second kappa shape index (κ2) is 8.34. The van der Waals surface area contributed by atoms with Crippen LogP contribution in [0.2, 0.25) is 0 Å². The number of hydrogen-bond acceptors (Lipinski definition) is 4. The Balaban J connectivity index is 1.33. The average Bonchev–Trinajstić information content (AvgIpc) is 3.54. The van der Waals surface area contributed by atoms with Gasteiger partial charge in [0.05, 0.1) is 13.7 Å². The molecule has 0 bridgehead atoms. The standard InChI is InChI=1S/C22H31N3O2/c1-27-21-9-5-8-20(16-21)24-14-12-23(13-15-24)17-22(26)25(19-10-11-19)18-6-3-2-4-7-18/h5-6,8-9,16,19H,2-4,7,10-15,17H2,1H3. The lowest BCUT2D eigenvalue weighted by molar-refractivity contribution is -0.131. The Morgan fingerprint density at radius 1 is 1.19 bits per heavy atom. The molecule has 1 saturated carbocycles. The van der Waals surface area contributed by atoms with Crippen LogP contribution in [0.5, 0.6) is 5.75 Å². The van der Waals surface area contributed by atoms with Gasteiger partial charge in [-0.3, -0.25) is 9.69 Å². The van der Waals surface area contributed by atoms with Gasteiger partial charge in [0.15, 0.2) is 0 Å². The molecule has 0 N–H and O–H groups in total. The molecule has 1 amide bonds. The van der Waals surface area contributed by atoms with Crippen molar-refractivity contribution in [1.82, 2.24) is 9.80 Å². The molecular weight excluding hydrogens is 338 g/mol. The summed E-state index contributed by atoms with van der Waals surface area (Å²) in [7, 11) is 1.70. The van der Waals surface area contributed by atoms with E-state index in [0.29, 0.717) is 18.5 Å². The monoisotopic (exact) mass is 369 g/mol. The highest BCUT2D eigenvalue weighted by atomic mass is 16.5. The highest BCUT2D eigenvalue weighted by molar-refractivity contribution is 5.81. The second-order valence-electron chi connectivity index (χ2n) is 7.90. The number of carbonyl (C=O) groups excluding carboxylic acids is 1. The highest BCUT2D eigenvalue weighted by Crippen LogP contribution is 2.34. The molecule has 0 aromatic heterocycles. The van der Waals surface area contributed by atoms with E-state index in [1.54, 1.807) is 7.11 Å². The summed E-state index contributed by atoms with van der Waals surface area (Å²) >= 11 is 0. The van der Waals surface area contributed by atoms with E-state index in [1.807, 2.05) is 12.1 Å². The lowest BCUT2D eigenvalue weighted by Gasteiger charge is -2.37. The predicted molar refractivity (Wildman–Crippen MR) is 108 cm³/mol. The molecule has 1 heterocycles. The van der Waals surface area contributed by atoms with E-state index in [4.69, 9.17) is 4.74 Å². The summed E-state index contributed by atoms with van der Waals surface area (Å²) in [5, 5.41) is 0. The molecule has 1 aromatic carbocycles. The van der Waals surface area contributed by atoms with E-state index in [1.165, 1.54) is 37.1 Å². The van der Waals surface area contributed by atoms with Crippen LogP contribution in [-0.2, 0) is 4.79 Å². The fourth-order valence-electron chi connectivity index (χ4n) is 4.21. The van der Waals surface area contributed by atoms with Gasteiger partial charge in [0, 0.05) is 49.7 Å². The molecule has 27 heavy (non-hydrogen) atoms. The van der Waals surface area contributed by atoms with Gasteiger partial charge < -0.3 is 14.5 Å². The van der Waals surface area contributed by atoms with Gasteiger partial charge in [-0.2, -0.15) is 0 Å². The van der Waals surface area contributed by atoms with Crippen molar-refractivity contribution in [3.8, 4) is 5.75 Å². The van der Waals surface area contributed by atoms with E-state index in [9.17, 15) is 4.79 Å². The minimum atomic E-state index is 0.306. The molecule has 4 rings (SSSR count). The zero-order chi connectivity index (χ0) is 18.6. The Labute approximate surface area is 162 Å². The first kappa shape index (κ1) is 18.4. The molecule has 5 heteroatoms. The number of carbonyl (C=O) groups is 1. The van der Waals surface area contributed by atoms with Crippen molar-refractivity contribution in [3.05, 3.63) is 36.0 Å². The molecule has 0 unspecified atom stereocenters. The van der Waals surface area contributed by atoms with Crippen LogP contribution in [0.15, 0.2) is 36.0 Å². The van der Waals surface area contributed by atoms with E-state index < -0.39 is 0 Å². The first-order valence-electron chi connectivity index (χ1n) is 10.4. The van der Waals surface area contributed by atoms with E-state index >= 15 is 0 Å². The van der Waals surface area contributed by atoms with Gasteiger partial charge in [0.1, 0.15) is 5.75 Å². The summed E-state index contributed by atoms with van der Waals surface area (Å²) in [6, 6.07) is 8.71. The molecule has 1 saturated heterocycles. The van der Waals surface area contributed by atoms with Crippen molar-refractivity contribution in [2.45, 2.75) is 44.6 Å². The summed E-state index contributed by atoms with van der Waals surface area (Å²) in [6.07, 6.45) is 9.35. The largest absolute Gasteiger partial charge is 0.497 e. The minimum Gasteiger partial charge on any atom is -0.497 e. The van der Waals surface area contributed by atoms with Gasteiger partial charge in [-0.25, -0.2) is 0 Å². The second-order valence-corrected chi connectivity index (χ2v) is 7.90. The predicted octanol–water partition coefficient (Wildman–Crippen LogP) is 3.27. The molecule has 0 atom stereocenters. The minimum absolute atomic E-state index is 0.306. The molecule has 2 fully saturated rings. The first-order valence-corrected chi connectivity index (χ1v) is 10.4. The molecule has 0 radical (unpaired) electrons.